The molecule has 1 fully saturated rings. The van der Waals surface area contributed by atoms with Crippen LogP contribution in [0.25, 0.3) is 21.6 Å². The topological polar surface area (TPSA) is 157 Å². The summed E-state index contributed by atoms with van der Waals surface area (Å²) >= 11 is 0. The number of aliphatic hydroxyl groups is 1. The maximum absolute atomic E-state index is 9.32. The molecule has 0 spiro atoms. The Hall–Kier alpha value is -2.62. The molecule has 3 N–H and O–H groups in total. The van der Waals surface area contributed by atoms with E-state index in [1.54, 1.807) is 4.57 Å². The van der Waals surface area contributed by atoms with E-state index in [-0.39, 0.29) is 18.4 Å². The van der Waals surface area contributed by atoms with E-state index in [2.05, 4.69) is 25.0 Å². The van der Waals surface area contributed by atoms with Crippen LogP contribution in [0.4, 0.5) is 5.95 Å². The molecule has 3 heterocycles. The quantitative estimate of drug-likeness (QED) is 0.469. The van der Waals surface area contributed by atoms with Gasteiger partial charge < -0.3 is 20.3 Å². The van der Waals surface area contributed by atoms with Gasteiger partial charge in [-0.15, -0.1) is 0 Å². The SMILES string of the molecule is COc1nc(N)nc2c1ncn2[C@H]1C[C@@H](N=[N+]=[N-])[C@@H](CO)O1. The molecule has 1 saturated heterocycles. The van der Waals surface area contributed by atoms with Crippen molar-refractivity contribution >= 4 is 17.1 Å². The molecule has 116 valence electrons. The second-order valence-electron chi connectivity index (χ2n) is 4.73. The van der Waals surface area contributed by atoms with Gasteiger partial charge in [0.15, 0.2) is 11.2 Å². The number of hydrogen-bond acceptors (Lipinski definition) is 8. The maximum Gasteiger partial charge on any atom is 0.246 e. The molecule has 0 aliphatic carbocycles. The molecule has 11 heteroatoms. The van der Waals surface area contributed by atoms with Crippen molar-refractivity contribution < 1.29 is 14.6 Å². The first-order valence-corrected chi connectivity index (χ1v) is 6.52. The summed E-state index contributed by atoms with van der Waals surface area (Å²) in [7, 11) is 1.46. The molecule has 0 amide bonds. The fraction of sp³-hybridized carbons (Fsp3) is 0.545. The van der Waals surface area contributed by atoms with E-state index in [9.17, 15) is 5.11 Å². The fourth-order valence-electron chi connectivity index (χ4n) is 2.50. The molecule has 2 aromatic rings. The Balaban J connectivity index is 2.01. The highest BCUT2D eigenvalue weighted by Crippen LogP contribution is 2.33. The molecule has 0 radical (unpaired) electrons. The van der Waals surface area contributed by atoms with Crippen molar-refractivity contribution in [3.05, 3.63) is 16.8 Å². The molecule has 2 aromatic heterocycles. The highest BCUT2D eigenvalue weighted by atomic mass is 16.5. The van der Waals surface area contributed by atoms with Crippen LogP contribution in [0.3, 0.4) is 0 Å². The lowest BCUT2D eigenvalue weighted by molar-refractivity contribution is -0.0232. The van der Waals surface area contributed by atoms with Crippen LogP contribution in [0, 0.1) is 0 Å². The lowest BCUT2D eigenvalue weighted by Gasteiger charge is -2.14. The molecule has 1 aliphatic rings. The highest BCUT2D eigenvalue weighted by Gasteiger charge is 2.36. The number of methoxy groups -OCH3 is 1. The van der Waals surface area contributed by atoms with Gasteiger partial charge in [0, 0.05) is 11.3 Å². The van der Waals surface area contributed by atoms with E-state index in [0.29, 0.717) is 17.6 Å². The summed E-state index contributed by atoms with van der Waals surface area (Å²) in [6, 6.07) is -0.460. The Morgan fingerprint density at radius 2 is 2.45 bits per heavy atom. The monoisotopic (exact) mass is 306 g/mol. The molecular weight excluding hydrogens is 292 g/mol. The third-order valence-corrected chi connectivity index (χ3v) is 3.49. The summed E-state index contributed by atoms with van der Waals surface area (Å²) in [5.41, 5.74) is 15.1. The standard InChI is InChI=1S/C11H14N8O3/c1-21-10-8-9(15-11(12)16-10)19(4-14-8)7-2-5(17-18-13)6(3-20)22-7/h4-7,20H,2-3H2,1H3,(H2,12,15,16)/t5-,6-,7-/m1/s1. The van der Waals surface area contributed by atoms with E-state index in [1.165, 1.54) is 13.4 Å². The number of nitrogens with zero attached hydrogens (tertiary/aromatic N) is 7. The Bertz CT molecular complexity index is 740. The van der Waals surface area contributed by atoms with Gasteiger partial charge in [-0.1, -0.05) is 5.11 Å². The predicted molar refractivity (Wildman–Crippen MR) is 74.8 cm³/mol. The van der Waals surface area contributed by atoms with E-state index in [0.717, 1.165) is 0 Å². The Morgan fingerprint density at radius 3 is 3.14 bits per heavy atom. The summed E-state index contributed by atoms with van der Waals surface area (Å²) in [5, 5.41) is 13.0. The first kappa shape index (κ1) is 14.3. The zero-order chi connectivity index (χ0) is 15.7. The lowest BCUT2D eigenvalue weighted by atomic mass is 10.1. The number of hydrogen-bond donors (Lipinski definition) is 2. The minimum absolute atomic E-state index is 0.0504. The summed E-state index contributed by atoms with van der Waals surface area (Å²) in [5.74, 6) is 0.318. The number of aliphatic hydroxyl groups excluding tert-OH is 1. The van der Waals surface area contributed by atoms with Crippen LogP contribution in [-0.4, -0.2) is 50.5 Å². The van der Waals surface area contributed by atoms with Crippen molar-refractivity contribution in [3.63, 3.8) is 0 Å². The first-order chi connectivity index (χ1) is 10.7. The third-order valence-electron chi connectivity index (χ3n) is 3.49. The van der Waals surface area contributed by atoms with Crippen LogP contribution >= 0.6 is 0 Å². The number of nitrogens with two attached hydrogens (primary N) is 1. The normalized spacial score (nSPS) is 24.4. The predicted octanol–water partition coefficient (Wildman–Crippen LogP) is 0.376. The van der Waals surface area contributed by atoms with E-state index in [1.807, 2.05) is 0 Å². The van der Waals surface area contributed by atoms with Crippen molar-refractivity contribution in [3.8, 4) is 5.88 Å². The number of imidazole rings is 1. The van der Waals surface area contributed by atoms with Gasteiger partial charge >= 0.3 is 0 Å². The highest BCUT2D eigenvalue weighted by molar-refractivity contribution is 5.77. The third kappa shape index (κ3) is 2.26. The molecule has 3 atom stereocenters. The van der Waals surface area contributed by atoms with Gasteiger partial charge in [0.1, 0.15) is 6.23 Å². The van der Waals surface area contributed by atoms with Gasteiger partial charge in [-0.3, -0.25) is 4.57 Å². The van der Waals surface area contributed by atoms with Crippen molar-refractivity contribution in [1.29, 1.82) is 0 Å². The van der Waals surface area contributed by atoms with Crippen LogP contribution in [-0.2, 0) is 4.74 Å². The summed E-state index contributed by atoms with van der Waals surface area (Å²) in [4.78, 5) is 15.1. The van der Waals surface area contributed by atoms with Crippen LogP contribution in [0.2, 0.25) is 0 Å². The fourth-order valence-corrected chi connectivity index (χ4v) is 2.50. The summed E-state index contributed by atoms with van der Waals surface area (Å²) in [6.07, 6.45) is 0.877. The van der Waals surface area contributed by atoms with Crippen LogP contribution in [0.1, 0.15) is 12.6 Å². The van der Waals surface area contributed by atoms with Gasteiger partial charge in [-0.2, -0.15) is 9.97 Å². The van der Waals surface area contributed by atoms with E-state index in [4.69, 9.17) is 20.7 Å². The van der Waals surface area contributed by atoms with Crippen molar-refractivity contribution in [2.75, 3.05) is 19.5 Å². The average Bonchev–Trinajstić information content (AvgIpc) is 3.10. The maximum atomic E-state index is 9.32. The number of ether oxygens (including phenoxy) is 2. The summed E-state index contributed by atoms with van der Waals surface area (Å²) in [6.45, 7) is -0.243. The molecule has 0 unspecified atom stereocenters. The minimum atomic E-state index is -0.570. The van der Waals surface area contributed by atoms with Gasteiger partial charge in [0.05, 0.1) is 32.2 Å². The number of rotatable bonds is 4. The van der Waals surface area contributed by atoms with Crippen molar-refractivity contribution in [2.24, 2.45) is 5.11 Å². The second kappa shape index (κ2) is 5.64. The number of anilines is 1. The molecule has 0 aromatic carbocycles. The van der Waals surface area contributed by atoms with Gasteiger partial charge in [0.25, 0.3) is 0 Å². The van der Waals surface area contributed by atoms with Gasteiger partial charge in [-0.25, -0.2) is 4.98 Å². The minimum Gasteiger partial charge on any atom is -0.479 e. The Morgan fingerprint density at radius 1 is 1.64 bits per heavy atom. The van der Waals surface area contributed by atoms with Gasteiger partial charge in [0.2, 0.25) is 11.8 Å². The lowest BCUT2D eigenvalue weighted by Crippen LogP contribution is -2.22. The number of fused-ring (bicyclic) bond motifs is 1. The average molecular weight is 306 g/mol. The van der Waals surface area contributed by atoms with E-state index < -0.39 is 18.4 Å². The molecule has 11 nitrogen and oxygen atoms in total. The number of aromatic nitrogens is 4. The van der Waals surface area contributed by atoms with Crippen molar-refractivity contribution in [2.45, 2.75) is 24.8 Å². The zero-order valence-corrected chi connectivity index (χ0v) is 11.7. The van der Waals surface area contributed by atoms with Crippen molar-refractivity contribution in [1.82, 2.24) is 19.5 Å². The largest absolute Gasteiger partial charge is 0.479 e. The Kier molecular flexibility index (Phi) is 3.67. The summed E-state index contributed by atoms with van der Waals surface area (Å²) < 4.78 is 12.5. The second-order valence-corrected chi connectivity index (χ2v) is 4.73. The molecule has 0 saturated carbocycles. The molecular formula is C11H14N8O3. The van der Waals surface area contributed by atoms with Crippen LogP contribution in [0.15, 0.2) is 11.4 Å². The van der Waals surface area contributed by atoms with Crippen LogP contribution < -0.4 is 10.5 Å². The number of nitrogen functional groups attached to an aromatic ring is 1. The first-order valence-electron chi connectivity index (χ1n) is 6.52. The number of azide groups is 1. The van der Waals surface area contributed by atoms with E-state index >= 15 is 0 Å². The molecule has 3 rings (SSSR count). The van der Waals surface area contributed by atoms with Crippen LogP contribution in [0.5, 0.6) is 5.88 Å². The molecule has 1 aliphatic heterocycles. The molecule has 22 heavy (non-hydrogen) atoms. The zero-order valence-electron chi connectivity index (χ0n) is 11.7. The molecule has 0 bridgehead atoms. The smallest absolute Gasteiger partial charge is 0.246 e. The van der Waals surface area contributed by atoms with Gasteiger partial charge in [-0.05, 0) is 5.53 Å². The Labute approximate surface area is 124 Å².